The summed E-state index contributed by atoms with van der Waals surface area (Å²) in [6.45, 7) is 46.3. The number of para-hydroxylation sites is 2. The van der Waals surface area contributed by atoms with Gasteiger partial charge in [0.1, 0.15) is 11.5 Å². The van der Waals surface area contributed by atoms with Crippen LogP contribution < -0.4 is 0 Å². The number of pyridine rings is 6. The molecule has 0 aliphatic rings. The Morgan fingerprint density at radius 1 is 0.360 bits per heavy atom. The topological polar surface area (TPSA) is 189 Å². The van der Waals surface area contributed by atoms with Crippen LogP contribution in [0.25, 0.3) is 100 Å². The number of aromatic nitrogens is 6. The van der Waals surface area contributed by atoms with Crippen LogP contribution in [0.1, 0.15) is 161 Å². The Kier molecular flexibility index (Phi) is 53.0. The van der Waals surface area contributed by atoms with Gasteiger partial charge >= 0.3 is 0 Å². The van der Waals surface area contributed by atoms with Crippen LogP contribution in [0.15, 0.2) is 321 Å². The van der Waals surface area contributed by atoms with E-state index in [2.05, 4.69) is 235 Å². The van der Waals surface area contributed by atoms with E-state index in [4.69, 9.17) is 15.1 Å². The van der Waals surface area contributed by atoms with Crippen LogP contribution >= 0.6 is 0 Å². The molecule has 5 radical (unpaired) electrons. The van der Waals surface area contributed by atoms with Gasteiger partial charge < -0.3 is 35.3 Å². The number of allylic oxidation sites excluding steroid dienone is 6. The zero-order chi connectivity index (χ0) is 96.2. The summed E-state index contributed by atoms with van der Waals surface area (Å²) in [7, 11) is 0. The fraction of sp³-hybridized carbons (Fsp3) is 0.252. The molecule has 136 heavy (non-hydrogen) atoms. The number of aryl methyl sites for hydroxylation is 8. The van der Waals surface area contributed by atoms with Crippen LogP contribution in [0, 0.1) is 119 Å². The minimum atomic E-state index is -0.417. The predicted molar refractivity (Wildman–Crippen MR) is 544 cm³/mol. The predicted octanol–water partition coefficient (Wildman–Crippen LogP) is 30.1. The molecule has 0 aliphatic carbocycles. The molecule has 15 rings (SSSR count). The molecule has 0 spiro atoms. The quantitative estimate of drug-likeness (QED) is 0.0597. The van der Waals surface area contributed by atoms with Crippen molar-refractivity contribution >= 4 is 39.2 Å². The molecule has 6 heterocycles. The molecular weight excluding hydrogens is 2570 g/mol. The molecule has 0 amide bonds. The van der Waals surface area contributed by atoms with E-state index >= 15 is 0 Å². The normalized spacial score (nSPS) is 10.9. The van der Waals surface area contributed by atoms with Gasteiger partial charge in [-0.3, -0.25) is 24.4 Å². The van der Waals surface area contributed by atoms with Crippen LogP contribution in [-0.4, -0.2) is 62.6 Å². The van der Waals surface area contributed by atoms with Gasteiger partial charge in [-0.15, -0.1) is 212 Å². The van der Waals surface area contributed by atoms with Crippen molar-refractivity contribution in [3.05, 3.63) is 408 Å². The Balaban J connectivity index is 0.000000522. The summed E-state index contributed by atoms with van der Waals surface area (Å²) >= 11 is 0. The first-order chi connectivity index (χ1) is 61.9. The average Bonchev–Trinajstić information content (AvgIpc) is 0.799. The van der Waals surface area contributed by atoms with Crippen LogP contribution in [0.5, 0.6) is 0 Å². The zero-order valence-corrected chi connectivity index (χ0v) is 94.5. The van der Waals surface area contributed by atoms with Crippen LogP contribution in [0.3, 0.4) is 0 Å². The zero-order valence-electron chi connectivity index (χ0n) is 82.6. The average molecular weight is 2700 g/mol. The number of carbonyl (C=O) groups excluding carboxylic acids is 3. The van der Waals surface area contributed by atoms with Gasteiger partial charge in [-0.1, -0.05) is 265 Å². The number of rotatable bonds is 12. The molecule has 0 saturated carbocycles. The number of hydrogen-bond donors (Lipinski definition) is 3. The number of hydrogen-bond acceptors (Lipinski definition) is 12. The second-order valence-electron chi connectivity index (χ2n) is 36.8. The summed E-state index contributed by atoms with van der Waals surface area (Å²) in [5.41, 5.74) is 26.4. The molecule has 3 N–H and O–H groups in total. The maximum Gasteiger partial charge on any atom is 0.164 e. The van der Waals surface area contributed by atoms with Crippen molar-refractivity contribution in [2.75, 3.05) is 0 Å². The molecule has 0 unspecified atom stereocenters. The molecule has 721 valence electrons. The maximum absolute atomic E-state index is 11.5. The molecule has 0 bridgehead atoms. The second kappa shape index (κ2) is 59.4. The maximum atomic E-state index is 11.5. The summed E-state index contributed by atoms with van der Waals surface area (Å²) < 4.78 is 0. The van der Waals surface area contributed by atoms with Crippen LogP contribution in [0.2, 0.25) is 0 Å². The van der Waals surface area contributed by atoms with E-state index in [1.807, 2.05) is 247 Å². The summed E-state index contributed by atoms with van der Waals surface area (Å²) in [6.07, 6.45) is 12.3. The molecular formula is C119H128Ir5N6O6-6. The summed E-state index contributed by atoms with van der Waals surface area (Å²) in [4.78, 5) is 59.9. The molecule has 9 aromatic carbocycles. The van der Waals surface area contributed by atoms with Gasteiger partial charge in [-0.05, 0) is 127 Å². The third kappa shape index (κ3) is 42.1. The number of carbonyl (C=O) groups is 3. The van der Waals surface area contributed by atoms with Crippen molar-refractivity contribution in [2.45, 2.75) is 173 Å². The van der Waals surface area contributed by atoms with E-state index < -0.39 is 10.8 Å². The van der Waals surface area contributed by atoms with E-state index in [1.165, 1.54) is 92.9 Å². The SMILES string of the molecule is CC(=O)C=C(C)O.CC(C)(C)C(=O)C=C(O)C(C)(C)C.CC(C)(C)C(=O)C=C(O)C(C)(C)C.Cc1[c-]c(-c2cc(CC(C)C)c3ccccc3n2)cc(C)c1.Cc1[c-]c(-c2ccc3ccccc3n2)cc(C)c1.Cc1cc(-c2[c-]cccc2)ncc1-c1ccccc1.Cc1ccc[c-]c1-c1ccccn1.Cc1ccc[c-]c1-c1ccccn1.Cc1ccnc(-c2[c-]cccc2)c1.[Ir].[Ir].[Ir].[Ir].[Ir]. The third-order valence-corrected chi connectivity index (χ3v) is 19.9. The Morgan fingerprint density at radius 3 is 1.21 bits per heavy atom. The second-order valence-corrected chi connectivity index (χ2v) is 36.8. The molecule has 15 aromatic rings. The number of benzene rings is 9. The van der Waals surface area contributed by atoms with E-state index in [0.717, 1.165) is 96.1 Å². The summed E-state index contributed by atoms with van der Waals surface area (Å²) in [5.74, 6) is 0.772. The van der Waals surface area contributed by atoms with Crippen LogP contribution in [0.4, 0.5) is 0 Å². The number of nitrogens with zero attached hydrogens (tertiary/aromatic N) is 6. The van der Waals surface area contributed by atoms with Crippen molar-refractivity contribution in [2.24, 2.45) is 27.6 Å². The number of ketones is 3. The van der Waals surface area contributed by atoms with Gasteiger partial charge in [0.25, 0.3) is 0 Å². The van der Waals surface area contributed by atoms with Gasteiger partial charge in [0.05, 0.1) is 16.8 Å². The Labute approximate surface area is 877 Å². The number of aliphatic hydroxyl groups is 3. The fourth-order valence-corrected chi connectivity index (χ4v) is 12.7. The van der Waals surface area contributed by atoms with Gasteiger partial charge in [0.15, 0.2) is 17.3 Å². The molecule has 17 heteroatoms. The van der Waals surface area contributed by atoms with Crippen molar-refractivity contribution in [1.29, 1.82) is 0 Å². The minimum absolute atomic E-state index is 0. The Morgan fingerprint density at radius 2 is 0.794 bits per heavy atom. The third-order valence-electron chi connectivity index (χ3n) is 19.9. The largest absolute Gasteiger partial charge is 0.512 e. The first kappa shape index (κ1) is 121. The smallest absolute Gasteiger partial charge is 0.164 e. The van der Waals surface area contributed by atoms with E-state index in [1.54, 1.807) is 12.4 Å². The summed E-state index contributed by atoms with van der Waals surface area (Å²) in [5, 5.41) is 29.9. The van der Waals surface area contributed by atoms with Crippen molar-refractivity contribution in [1.82, 2.24) is 29.9 Å². The number of fused-ring (bicyclic) bond motifs is 2. The Bertz CT molecular complexity index is 6120. The van der Waals surface area contributed by atoms with Crippen molar-refractivity contribution in [3.8, 4) is 78.7 Å². The molecule has 0 saturated heterocycles. The monoisotopic (exact) mass is 2700 g/mol. The van der Waals surface area contributed by atoms with Gasteiger partial charge in [-0.25, -0.2) is 0 Å². The number of aliphatic hydroxyl groups excluding tert-OH is 3. The standard InChI is InChI=1S/C21H22N.C18H14N.C17H14N.3C12H10N.2C11H20O2.C5H8O2.5Ir/c1-14(2)9-17-13-21(18-11-15(3)10-16(4)12-18)22-20-8-6-5-7-19(17)20;1-14-12-18(16-10-6-3-7-11-16)19-13-17(14)15-8-4-2-5-9-15;1-12-9-13(2)11-15(10-12)17-8-7-14-5-3-4-6-16(14)18-17;2*1-10-6-2-3-7-11(10)12-8-4-5-9-13-12;1-10-7-8-13-12(9-10)11-5-3-2-4-6-11;2*1-10(2,3)8(12)7-9(13)11(4,5)6;1-4(6)3-5(2)7;;;;;/h5-8,10-11,13-14H,9H2,1-4H3;2-10,12-13H,1H3;3-10H,1-2H3;2*2-6,8-9H,1H3;2-5,7-9H,1H3;2*7,12H,1-6H3;3,6H,1-2H3;;;;;/q6*-1;;;;;;;;. The summed E-state index contributed by atoms with van der Waals surface area (Å²) in [6, 6.07) is 107. The van der Waals surface area contributed by atoms with Crippen molar-refractivity contribution in [3.63, 3.8) is 0 Å². The molecule has 0 fully saturated rings. The van der Waals surface area contributed by atoms with E-state index in [9.17, 15) is 24.6 Å². The van der Waals surface area contributed by atoms with E-state index in [-0.39, 0.29) is 146 Å². The molecule has 0 atom stereocenters. The van der Waals surface area contributed by atoms with E-state index in [0.29, 0.717) is 5.92 Å². The van der Waals surface area contributed by atoms with Crippen molar-refractivity contribution < 1.29 is 130 Å². The molecule has 6 aromatic heterocycles. The molecule has 12 nitrogen and oxygen atoms in total. The van der Waals surface area contributed by atoms with Gasteiger partial charge in [0, 0.05) is 176 Å². The molecule has 0 aliphatic heterocycles. The van der Waals surface area contributed by atoms with Gasteiger partial charge in [0.2, 0.25) is 0 Å². The minimum Gasteiger partial charge on any atom is -0.512 e. The van der Waals surface area contributed by atoms with Crippen LogP contribution in [-0.2, 0) is 121 Å². The Hall–Kier alpha value is -10.7. The fourth-order valence-electron chi connectivity index (χ4n) is 12.7. The first-order valence-corrected chi connectivity index (χ1v) is 44.2. The first-order valence-electron chi connectivity index (χ1n) is 44.2. The van der Waals surface area contributed by atoms with Gasteiger partial charge in [-0.2, -0.15) is 0 Å².